The number of aromatic nitrogens is 1. The molecular formula is C17H13ClFNO. The van der Waals surface area contributed by atoms with Gasteiger partial charge in [-0.15, -0.1) is 0 Å². The van der Waals surface area contributed by atoms with E-state index in [-0.39, 0.29) is 6.42 Å². The summed E-state index contributed by atoms with van der Waals surface area (Å²) >= 11 is 5.73. The third-order valence-electron chi connectivity index (χ3n) is 3.44. The Morgan fingerprint density at radius 1 is 1.14 bits per heavy atom. The molecular weight excluding hydrogens is 289 g/mol. The molecule has 1 aromatic heterocycles. The van der Waals surface area contributed by atoms with Crippen LogP contribution in [0.5, 0.6) is 0 Å². The Hall–Kier alpha value is -1.97. The number of rotatable bonds is 3. The van der Waals surface area contributed by atoms with Crippen LogP contribution in [0, 0.1) is 5.82 Å². The zero-order chi connectivity index (χ0) is 14.8. The van der Waals surface area contributed by atoms with Gasteiger partial charge in [-0.1, -0.05) is 29.8 Å². The molecule has 0 saturated heterocycles. The van der Waals surface area contributed by atoms with Crippen LogP contribution >= 0.6 is 11.6 Å². The summed E-state index contributed by atoms with van der Waals surface area (Å²) in [5.74, 6) is -0.399. The molecule has 1 unspecified atom stereocenters. The van der Waals surface area contributed by atoms with Crippen molar-refractivity contribution in [2.24, 2.45) is 0 Å². The maximum Gasteiger partial charge on any atom is 0.127 e. The second-order valence-corrected chi connectivity index (χ2v) is 5.35. The van der Waals surface area contributed by atoms with Gasteiger partial charge in [0.2, 0.25) is 0 Å². The van der Waals surface area contributed by atoms with Crippen molar-refractivity contribution in [3.63, 3.8) is 0 Å². The molecule has 0 aliphatic heterocycles. The molecule has 0 aliphatic rings. The largest absolute Gasteiger partial charge is 0.388 e. The van der Waals surface area contributed by atoms with Crippen molar-refractivity contribution in [2.75, 3.05) is 0 Å². The SMILES string of the molecule is OC(Cc1ccc(Cl)cc1F)c1ccc2ncccc2c1. The highest BCUT2D eigenvalue weighted by Crippen LogP contribution is 2.24. The molecule has 0 aliphatic carbocycles. The average molecular weight is 302 g/mol. The highest BCUT2D eigenvalue weighted by molar-refractivity contribution is 6.30. The van der Waals surface area contributed by atoms with Crippen LogP contribution in [-0.2, 0) is 6.42 Å². The first kappa shape index (κ1) is 14.0. The van der Waals surface area contributed by atoms with E-state index in [1.54, 1.807) is 18.3 Å². The molecule has 3 aromatic rings. The van der Waals surface area contributed by atoms with E-state index in [2.05, 4.69) is 4.98 Å². The Balaban J connectivity index is 1.87. The molecule has 21 heavy (non-hydrogen) atoms. The maximum absolute atomic E-state index is 13.8. The molecule has 0 radical (unpaired) electrons. The Kier molecular flexibility index (Phi) is 3.86. The zero-order valence-corrected chi connectivity index (χ0v) is 11.9. The average Bonchev–Trinajstić information content (AvgIpc) is 2.49. The minimum atomic E-state index is -0.773. The van der Waals surface area contributed by atoms with Crippen molar-refractivity contribution >= 4 is 22.5 Å². The van der Waals surface area contributed by atoms with E-state index in [1.165, 1.54) is 6.07 Å². The number of nitrogens with zero attached hydrogens (tertiary/aromatic N) is 1. The number of hydrogen-bond donors (Lipinski definition) is 1. The number of aliphatic hydroxyl groups excluding tert-OH is 1. The van der Waals surface area contributed by atoms with Crippen molar-refractivity contribution < 1.29 is 9.50 Å². The molecule has 3 rings (SSSR count). The molecule has 0 amide bonds. The van der Waals surface area contributed by atoms with Crippen LogP contribution in [0.4, 0.5) is 4.39 Å². The topological polar surface area (TPSA) is 33.1 Å². The van der Waals surface area contributed by atoms with Crippen LogP contribution < -0.4 is 0 Å². The van der Waals surface area contributed by atoms with Crippen molar-refractivity contribution in [3.05, 3.63) is 76.7 Å². The fraction of sp³-hybridized carbons (Fsp3) is 0.118. The van der Waals surface area contributed by atoms with E-state index in [1.807, 2.05) is 30.3 Å². The predicted octanol–water partition coefficient (Wildman–Crippen LogP) is 4.30. The Labute approximate surface area is 126 Å². The molecule has 4 heteroatoms. The lowest BCUT2D eigenvalue weighted by atomic mass is 9.99. The quantitative estimate of drug-likeness (QED) is 0.782. The lowest BCUT2D eigenvalue weighted by Crippen LogP contribution is -2.03. The molecule has 0 spiro atoms. The fourth-order valence-electron chi connectivity index (χ4n) is 2.31. The summed E-state index contributed by atoms with van der Waals surface area (Å²) in [5.41, 5.74) is 2.05. The van der Waals surface area contributed by atoms with Gasteiger partial charge in [-0.05, 0) is 41.5 Å². The molecule has 1 N–H and O–H groups in total. The van der Waals surface area contributed by atoms with Crippen LogP contribution in [0.2, 0.25) is 5.02 Å². The van der Waals surface area contributed by atoms with E-state index in [0.717, 1.165) is 16.5 Å². The van der Waals surface area contributed by atoms with E-state index >= 15 is 0 Å². The van der Waals surface area contributed by atoms with E-state index < -0.39 is 11.9 Å². The third kappa shape index (κ3) is 3.04. The molecule has 1 heterocycles. The van der Waals surface area contributed by atoms with Gasteiger partial charge in [-0.3, -0.25) is 4.98 Å². The molecule has 106 valence electrons. The minimum absolute atomic E-state index is 0.203. The molecule has 0 fully saturated rings. The van der Waals surface area contributed by atoms with Gasteiger partial charge in [0, 0.05) is 23.0 Å². The van der Waals surface area contributed by atoms with Crippen molar-refractivity contribution in [1.82, 2.24) is 4.98 Å². The first-order chi connectivity index (χ1) is 10.1. The summed E-state index contributed by atoms with van der Waals surface area (Å²) in [6, 6.07) is 13.8. The number of fused-ring (bicyclic) bond motifs is 1. The number of hydrogen-bond acceptors (Lipinski definition) is 2. The number of benzene rings is 2. The monoisotopic (exact) mass is 301 g/mol. The summed E-state index contributed by atoms with van der Waals surface area (Å²) in [6.07, 6.45) is 1.15. The van der Waals surface area contributed by atoms with E-state index in [0.29, 0.717) is 10.6 Å². The Morgan fingerprint density at radius 3 is 2.81 bits per heavy atom. The van der Waals surface area contributed by atoms with Crippen LogP contribution in [-0.4, -0.2) is 10.1 Å². The third-order valence-corrected chi connectivity index (χ3v) is 3.68. The van der Waals surface area contributed by atoms with Crippen molar-refractivity contribution in [3.8, 4) is 0 Å². The normalized spacial score (nSPS) is 12.5. The van der Waals surface area contributed by atoms with Crippen LogP contribution in [0.3, 0.4) is 0 Å². The summed E-state index contributed by atoms with van der Waals surface area (Å²) in [4.78, 5) is 4.23. The van der Waals surface area contributed by atoms with Crippen LogP contribution in [0.25, 0.3) is 10.9 Å². The number of pyridine rings is 1. The molecule has 1 atom stereocenters. The molecule has 2 nitrogen and oxygen atoms in total. The van der Waals surface area contributed by atoms with Gasteiger partial charge in [0.1, 0.15) is 5.82 Å². The van der Waals surface area contributed by atoms with Crippen molar-refractivity contribution in [2.45, 2.75) is 12.5 Å². The van der Waals surface area contributed by atoms with Gasteiger partial charge in [-0.2, -0.15) is 0 Å². The maximum atomic E-state index is 13.8. The molecule has 0 saturated carbocycles. The number of aliphatic hydroxyl groups is 1. The van der Waals surface area contributed by atoms with Crippen molar-refractivity contribution in [1.29, 1.82) is 0 Å². The molecule has 2 aromatic carbocycles. The van der Waals surface area contributed by atoms with Gasteiger partial charge in [0.15, 0.2) is 0 Å². The van der Waals surface area contributed by atoms with Gasteiger partial charge < -0.3 is 5.11 Å². The summed E-state index contributed by atoms with van der Waals surface area (Å²) in [7, 11) is 0. The second-order valence-electron chi connectivity index (χ2n) is 4.91. The first-order valence-electron chi connectivity index (χ1n) is 6.60. The smallest absolute Gasteiger partial charge is 0.127 e. The first-order valence-corrected chi connectivity index (χ1v) is 6.98. The summed E-state index contributed by atoms with van der Waals surface area (Å²) in [6.45, 7) is 0. The minimum Gasteiger partial charge on any atom is -0.388 e. The second kappa shape index (κ2) is 5.80. The highest BCUT2D eigenvalue weighted by Gasteiger charge is 2.12. The predicted molar refractivity (Wildman–Crippen MR) is 81.8 cm³/mol. The number of halogens is 2. The van der Waals surface area contributed by atoms with Gasteiger partial charge in [0.25, 0.3) is 0 Å². The lowest BCUT2D eigenvalue weighted by Gasteiger charge is -2.12. The van der Waals surface area contributed by atoms with E-state index in [4.69, 9.17) is 11.6 Å². The van der Waals surface area contributed by atoms with E-state index in [9.17, 15) is 9.50 Å². The molecule has 0 bridgehead atoms. The fourth-order valence-corrected chi connectivity index (χ4v) is 2.47. The Bertz CT molecular complexity index is 791. The van der Waals surface area contributed by atoms with Crippen LogP contribution in [0.15, 0.2) is 54.7 Å². The van der Waals surface area contributed by atoms with Gasteiger partial charge in [-0.25, -0.2) is 4.39 Å². The van der Waals surface area contributed by atoms with Gasteiger partial charge in [0.05, 0.1) is 11.6 Å². The van der Waals surface area contributed by atoms with Crippen LogP contribution in [0.1, 0.15) is 17.2 Å². The zero-order valence-electron chi connectivity index (χ0n) is 11.1. The standard InChI is InChI=1S/C17H13ClFNO/c18-14-5-3-11(15(19)10-14)9-17(21)13-4-6-16-12(8-13)2-1-7-20-16/h1-8,10,17,21H,9H2. The van der Waals surface area contributed by atoms with Gasteiger partial charge >= 0.3 is 0 Å². The lowest BCUT2D eigenvalue weighted by molar-refractivity contribution is 0.177. The Morgan fingerprint density at radius 2 is 2.00 bits per heavy atom. The highest BCUT2D eigenvalue weighted by atomic mass is 35.5. The summed E-state index contributed by atoms with van der Waals surface area (Å²) in [5, 5.41) is 11.6. The summed E-state index contributed by atoms with van der Waals surface area (Å²) < 4.78 is 13.8.